The van der Waals surface area contributed by atoms with Gasteiger partial charge in [-0.1, -0.05) is 59.8 Å². The van der Waals surface area contributed by atoms with Gasteiger partial charge in [-0.05, 0) is 30.7 Å². The molecule has 1 aromatic heterocycles. The summed E-state index contributed by atoms with van der Waals surface area (Å²) in [4.78, 5) is 29.9. The number of carbonyl (C=O) groups is 2. The maximum Gasteiger partial charge on any atom is 0.254 e. The molecule has 2 amide bonds. The maximum atomic E-state index is 13.4. The molecule has 2 heterocycles. The fourth-order valence-electron chi connectivity index (χ4n) is 3.65. The van der Waals surface area contributed by atoms with Crippen LogP contribution in [0.3, 0.4) is 0 Å². The van der Waals surface area contributed by atoms with Crippen LogP contribution in [0.25, 0.3) is 0 Å². The van der Waals surface area contributed by atoms with Crippen LogP contribution in [0, 0.1) is 11.3 Å². The Bertz CT molecular complexity index is 1350. The summed E-state index contributed by atoms with van der Waals surface area (Å²) < 4.78 is 0. The first-order chi connectivity index (χ1) is 17.0. The molecule has 35 heavy (non-hydrogen) atoms. The summed E-state index contributed by atoms with van der Waals surface area (Å²) in [5.74, 6) is -1.24. The molecule has 0 saturated heterocycles. The molecule has 176 valence electrons. The van der Waals surface area contributed by atoms with Crippen molar-refractivity contribution in [2.24, 2.45) is 0 Å². The number of benzene rings is 2. The van der Waals surface area contributed by atoms with Gasteiger partial charge in [-0.3, -0.25) is 9.59 Å². The van der Waals surface area contributed by atoms with Crippen LogP contribution in [0.15, 0.2) is 88.0 Å². The number of dihydropyridines is 1. The summed E-state index contributed by atoms with van der Waals surface area (Å²) in [6.07, 6.45) is 1.61. The number of halogens is 1. The molecule has 7 nitrogen and oxygen atoms in total. The molecule has 0 bridgehead atoms. The van der Waals surface area contributed by atoms with Gasteiger partial charge in [0.05, 0.1) is 28.3 Å². The lowest BCUT2D eigenvalue weighted by atomic mass is 9.82. The van der Waals surface area contributed by atoms with Gasteiger partial charge in [0.1, 0.15) is 0 Å². The van der Waals surface area contributed by atoms with E-state index in [0.29, 0.717) is 43.3 Å². The second kappa shape index (κ2) is 11.2. The lowest BCUT2D eigenvalue weighted by molar-refractivity contribution is -0.114. The third kappa shape index (κ3) is 5.74. The number of allylic oxidation sites excluding steroid dienone is 2. The van der Waals surface area contributed by atoms with E-state index in [1.165, 1.54) is 23.1 Å². The number of para-hydroxylation sites is 1. The van der Waals surface area contributed by atoms with Crippen molar-refractivity contribution in [1.29, 1.82) is 5.26 Å². The van der Waals surface area contributed by atoms with Gasteiger partial charge in [-0.15, -0.1) is 11.3 Å². The Morgan fingerprint density at radius 1 is 1.17 bits per heavy atom. The third-order valence-electron chi connectivity index (χ3n) is 5.17. The van der Waals surface area contributed by atoms with Crippen LogP contribution in [0.1, 0.15) is 18.4 Å². The van der Waals surface area contributed by atoms with Crippen LogP contribution in [-0.4, -0.2) is 22.6 Å². The number of carbonyl (C=O) groups excluding carboxylic acids is 2. The summed E-state index contributed by atoms with van der Waals surface area (Å²) in [5, 5.41) is 22.2. The normalized spacial score (nSPS) is 15.3. The van der Waals surface area contributed by atoms with Gasteiger partial charge >= 0.3 is 0 Å². The van der Waals surface area contributed by atoms with Crippen LogP contribution in [0.4, 0.5) is 10.8 Å². The molecule has 10 heteroatoms. The Balaban J connectivity index is 1.66. The van der Waals surface area contributed by atoms with Crippen LogP contribution in [0.5, 0.6) is 0 Å². The molecule has 0 unspecified atom stereocenters. The van der Waals surface area contributed by atoms with Crippen LogP contribution >= 0.6 is 34.7 Å². The van der Waals surface area contributed by atoms with E-state index in [1.54, 1.807) is 48.8 Å². The monoisotopic (exact) mass is 521 g/mol. The predicted molar refractivity (Wildman–Crippen MR) is 141 cm³/mol. The number of hydrogen-bond donors (Lipinski definition) is 3. The Labute approximate surface area is 215 Å². The molecular formula is C25H20ClN5O2S2. The molecule has 0 spiro atoms. The van der Waals surface area contributed by atoms with E-state index in [0.717, 1.165) is 0 Å². The number of thioether (sulfide) groups is 1. The van der Waals surface area contributed by atoms with Crippen molar-refractivity contribution in [3.8, 4) is 6.07 Å². The van der Waals surface area contributed by atoms with Gasteiger partial charge in [0, 0.05) is 33.6 Å². The highest BCUT2D eigenvalue weighted by Crippen LogP contribution is 2.43. The Morgan fingerprint density at radius 2 is 1.91 bits per heavy atom. The summed E-state index contributed by atoms with van der Waals surface area (Å²) in [6.45, 7) is 1.77. The topological polar surface area (TPSA) is 107 Å². The van der Waals surface area contributed by atoms with Gasteiger partial charge in [0.2, 0.25) is 5.91 Å². The molecule has 0 fully saturated rings. The summed E-state index contributed by atoms with van der Waals surface area (Å²) >= 11 is 9.04. The fraction of sp³-hybridized carbons (Fsp3) is 0.120. The minimum Gasteiger partial charge on any atom is -0.353 e. The highest BCUT2D eigenvalue weighted by Gasteiger charge is 2.35. The van der Waals surface area contributed by atoms with Crippen LogP contribution < -0.4 is 16.0 Å². The average Bonchev–Trinajstić information content (AvgIpc) is 3.36. The first kappa shape index (κ1) is 24.5. The molecule has 2 aromatic carbocycles. The molecule has 3 aromatic rings. The van der Waals surface area contributed by atoms with E-state index in [1.807, 2.05) is 24.3 Å². The minimum absolute atomic E-state index is 0.0567. The van der Waals surface area contributed by atoms with Crippen molar-refractivity contribution in [2.75, 3.05) is 16.4 Å². The van der Waals surface area contributed by atoms with Crippen molar-refractivity contribution in [2.45, 2.75) is 12.8 Å². The molecule has 0 aliphatic carbocycles. The summed E-state index contributed by atoms with van der Waals surface area (Å²) in [5.41, 5.74) is 2.54. The lowest BCUT2D eigenvalue weighted by Gasteiger charge is -2.30. The van der Waals surface area contributed by atoms with E-state index < -0.39 is 5.92 Å². The second-order valence-electron chi connectivity index (χ2n) is 7.47. The SMILES string of the molecule is CC1=C(C(=O)Nc2ccccc2)[C@@H](c2ccccc2Cl)C(C#N)=C(SCC(=O)Nc2nccs2)N1. The number of amides is 2. The highest BCUT2D eigenvalue weighted by atomic mass is 35.5. The number of anilines is 2. The molecule has 1 atom stereocenters. The van der Waals surface area contributed by atoms with E-state index >= 15 is 0 Å². The number of hydrogen-bond acceptors (Lipinski definition) is 7. The number of nitrogens with one attached hydrogen (secondary N) is 3. The van der Waals surface area contributed by atoms with E-state index in [9.17, 15) is 14.9 Å². The Morgan fingerprint density at radius 3 is 2.60 bits per heavy atom. The Kier molecular flexibility index (Phi) is 7.87. The average molecular weight is 522 g/mol. The number of aromatic nitrogens is 1. The first-order valence-corrected chi connectivity index (χ1v) is 12.8. The molecule has 0 radical (unpaired) electrons. The third-order valence-corrected chi connectivity index (χ3v) is 7.22. The highest BCUT2D eigenvalue weighted by molar-refractivity contribution is 8.03. The molecule has 1 aliphatic heterocycles. The van der Waals surface area contributed by atoms with Crippen molar-refractivity contribution in [3.63, 3.8) is 0 Å². The van der Waals surface area contributed by atoms with Crippen molar-refractivity contribution >= 4 is 57.3 Å². The zero-order valence-electron chi connectivity index (χ0n) is 18.5. The number of nitriles is 1. The fourth-order valence-corrected chi connectivity index (χ4v) is 5.33. The first-order valence-electron chi connectivity index (χ1n) is 10.5. The molecule has 0 saturated carbocycles. The number of nitrogens with zero attached hydrogens (tertiary/aromatic N) is 2. The van der Waals surface area contributed by atoms with E-state index in [2.05, 4.69) is 27.0 Å². The van der Waals surface area contributed by atoms with Crippen LogP contribution in [0.2, 0.25) is 5.02 Å². The number of rotatable bonds is 7. The predicted octanol–water partition coefficient (Wildman–Crippen LogP) is 5.50. The van der Waals surface area contributed by atoms with Gasteiger partial charge < -0.3 is 16.0 Å². The van der Waals surface area contributed by atoms with E-state index in [4.69, 9.17) is 11.6 Å². The summed E-state index contributed by atoms with van der Waals surface area (Å²) in [6, 6.07) is 18.5. The van der Waals surface area contributed by atoms with Gasteiger partial charge in [0.15, 0.2) is 5.13 Å². The zero-order valence-corrected chi connectivity index (χ0v) is 20.9. The lowest BCUT2D eigenvalue weighted by Crippen LogP contribution is -2.31. The second-order valence-corrected chi connectivity index (χ2v) is 9.75. The smallest absolute Gasteiger partial charge is 0.254 e. The van der Waals surface area contributed by atoms with Gasteiger partial charge in [-0.2, -0.15) is 5.26 Å². The van der Waals surface area contributed by atoms with Crippen LogP contribution in [-0.2, 0) is 9.59 Å². The van der Waals surface area contributed by atoms with Gasteiger partial charge in [-0.25, -0.2) is 4.98 Å². The van der Waals surface area contributed by atoms with Crippen molar-refractivity contribution < 1.29 is 9.59 Å². The van der Waals surface area contributed by atoms with Crippen molar-refractivity contribution in [1.82, 2.24) is 10.3 Å². The van der Waals surface area contributed by atoms with Crippen molar-refractivity contribution in [3.05, 3.63) is 98.6 Å². The minimum atomic E-state index is -0.705. The quantitative estimate of drug-likeness (QED) is 0.379. The van der Waals surface area contributed by atoms with Gasteiger partial charge in [0.25, 0.3) is 5.91 Å². The molecule has 3 N–H and O–H groups in total. The standard InChI is InChI=1S/C25H20ClN5O2S2/c1-15-21(23(33)30-16-7-3-2-4-8-16)22(17-9-5-6-10-19(17)26)18(13-27)24(29-15)35-14-20(32)31-25-28-11-12-34-25/h2-12,22,29H,14H2,1H3,(H,30,33)(H,28,31,32)/t22-/m0/s1. The zero-order chi connectivity index (χ0) is 24.8. The van der Waals surface area contributed by atoms with E-state index in [-0.39, 0.29) is 17.6 Å². The number of thiazole rings is 1. The molecular weight excluding hydrogens is 502 g/mol. The Hall–Kier alpha value is -3.58. The molecule has 1 aliphatic rings. The largest absolute Gasteiger partial charge is 0.353 e. The molecule has 4 rings (SSSR count). The maximum absolute atomic E-state index is 13.4. The summed E-state index contributed by atoms with van der Waals surface area (Å²) in [7, 11) is 0.